The number of hydrogen-bond acceptors (Lipinski definition) is 4. The van der Waals surface area contributed by atoms with Gasteiger partial charge in [0, 0.05) is 13.6 Å². The van der Waals surface area contributed by atoms with Crippen LogP contribution in [0.4, 0.5) is 0 Å². The molecule has 20 heavy (non-hydrogen) atoms. The molecule has 1 saturated heterocycles. The summed E-state index contributed by atoms with van der Waals surface area (Å²) in [6.07, 6.45) is 0.913. The Kier molecular flexibility index (Phi) is 3.48. The van der Waals surface area contributed by atoms with Gasteiger partial charge in [-0.1, -0.05) is 12.1 Å². The summed E-state index contributed by atoms with van der Waals surface area (Å²) in [6.45, 7) is 4.34. The van der Waals surface area contributed by atoms with E-state index in [-0.39, 0.29) is 11.3 Å². The van der Waals surface area contributed by atoms with Crippen LogP contribution in [0.25, 0.3) is 10.2 Å². The van der Waals surface area contributed by atoms with E-state index in [1.54, 1.807) is 11.3 Å². The van der Waals surface area contributed by atoms with Gasteiger partial charge in [0.05, 0.1) is 22.2 Å². The Morgan fingerprint density at radius 3 is 3.00 bits per heavy atom. The minimum atomic E-state index is -0.258. The Balaban J connectivity index is 1.75. The molecule has 1 atom stereocenters. The number of nitrogens with one attached hydrogen (secondary N) is 1. The third-order valence-corrected chi connectivity index (χ3v) is 4.96. The molecule has 1 aliphatic rings. The molecule has 1 N–H and O–H groups in total. The van der Waals surface area contributed by atoms with Crippen LogP contribution in [0.15, 0.2) is 24.3 Å². The van der Waals surface area contributed by atoms with Gasteiger partial charge >= 0.3 is 0 Å². The van der Waals surface area contributed by atoms with Crippen molar-refractivity contribution >= 4 is 27.5 Å². The average molecular weight is 289 g/mol. The van der Waals surface area contributed by atoms with Gasteiger partial charge in [-0.2, -0.15) is 0 Å². The quantitative estimate of drug-likeness (QED) is 0.942. The molecule has 5 heteroatoms. The lowest BCUT2D eigenvalue weighted by molar-refractivity contribution is -0.139. The number of thiazole rings is 1. The van der Waals surface area contributed by atoms with E-state index in [1.165, 1.54) is 4.70 Å². The number of fused-ring (bicyclic) bond motifs is 1. The van der Waals surface area contributed by atoms with Crippen LogP contribution < -0.4 is 5.32 Å². The number of rotatable bonds is 3. The third-order valence-electron chi connectivity index (χ3n) is 3.94. The molecule has 1 aromatic carbocycles. The van der Waals surface area contributed by atoms with E-state index in [1.807, 2.05) is 37.1 Å². The van der Waals surface area contributed by atoms with Crippen molar-refractivity contribution in [1.82, 2.24) is 15.2 Å². The van der Waals surface area contributed by atoms with Crippen molar-refractivity contribution < 1.29 is 4.79 Å². The summed E-state index contributed by atoms with van der Waals surface area (Å²) in [5.41, 5.74) is 0.757. The molecule has 1 unspecified atom stereocenters. The lowest BCUT2D eigenvalue weighted by Gasteiger charge is -2.27. The first-order valence-corrected chi connectivity index (χ1v) is 7.71. The number of carbonyl (C=O) groups is 1. The Bertz CT molecular complexity index is 598. The molecular formula is C15H19N3OS. The molecule has 0 aliphatic carbocycles. The molecule has 1 aromatic heterocycles. The van der Waals surface area contributed by atoms with Crippen LogP contribution in [0.2, 0.25) is 0 Å². The molecule has 0 bridgehead atoms. The molecule has 2 aromatic rings. The zero-order chi connectivity index (χ0) is 14.2. The second-order valence-electron chi connectivity index (χ2n) is 5.72. The number of para-hydroxylation sites is 1. The molecule has 1 fully saturated rings. The maximum absolute atomic E-state index is 12.5. The fourth-order valence-corrected chi connectivity index (χ4v) is 3.74. The van der Waals surface area contributed by atoms with Gasteiger partial charge in [-0.3, -0.25) is 4.79 Å². The Morgan fingerprint density at radius 1 is 1.50 bits per heavy atom. The molecule has 1 amide bonds. The maximum Gasteiger partial charge on any atom is 0.229 e. The van der Waals surface area contributed by atoms with E-state index in [0.717, 1.165) is 30.0 Å². The smallest absolute Gasteiger partial charge is 0.229 e. The summed E-state index contributed by atoms with van der Waals surface area (Å²) in [4.78, 5) is 19.0. The molecule has 4 nitrogen and oxygen atoms in total. The fourth-order valence-electron chi connectivity index (χ4n) is 2.72. The number of amides is 1. The van der Waals surface area contributed by atoms with Crippen LogP contribution in [0.3, 0.4) is 0 Å². The summed E-state index contributed by atoms with van der Waals surface area (Å²) in [7, 11) is 1.87. The molecule has 3 rings (SSSR count). The summed E-state index contributed by atoms with van der Waals surface area (Å²) in [5, 5.41) is 4.27. The topological polar surface area (TPSA) is 45.2 Å². The summed E-state index contributed by atoms with van der Waals surface area (Å²) >= 11 is 1.66. The van der Waals surface area contributed by atoms with E-state index in [9.17, 15) is 4.79 Å². The lowest BCUT2D eigenvalue weighted by atomic mass is 9.88. The van der Waals surface area contributed by atoms with Gasteiger partial charge in [-0.05, 0) is 32.0 Å². The number of benzene rings is 1. The highest BCUT2D eigenvalue weighted by atomic mass is 32.1. The number of hydrogen-bond donors (Lipinski definition) is 1. The maximum atomic E-state index is 12.5. The van der Waals surface area contributed by atoms with E-state index in [2.05, 4.69) is 16.4 Å². The van der Waals surface area contributed by atoms with E-state index >= 15 is 0 Å². The van der Waals surface area contributed by atoms with Gasteiger partial charge in [0.2, 0.25) is 5.91 Å². The van der Waals surface area contributed by atoms with Gasteiger partial charge in [-0.25, -0.2) is 4.98 Å². The van der Waals surface area contributed by atoms with E-state index < -0.39 is 0 Å². The molecule has 0 saturated carbocycles. The normalized spacial score (nSPS) is 22.3. The third kappa shape index (κ3) is 2.43. The van der Waals surface area contributed by atoms with E-state index in [4.69, 9.17) is 0 Å². The van der Waals surface area contributed by atoms with Crippen LogP contribution in [-0.4, -0.2) is 35.9 Å². The largest absolute Gasteiger partial charge is 0.338 e. The Morgan fingerprint density at radius 2 is 2.30 bits per heavy atom. The summed E-state index contributed by atoms with van der Waals surface area (Å²) in [5.74, 6) is 0.210. The average Bonchev–Trinajstić information content (AvgIpc) is 3.04. The molecule has 0 spiro atoms. The number of carbonyl (C=O) groups excluding carboxylic acids is 1. The minimum absolute atomic E-state index is 0.210. The SMILES string of the molecule is CN(Cc1nc2ccccc2s1)C(=O)C1(C)CCNC1. The van der Waals surface area contributed by atoms with E-state index in [0.29, 0.717) is 6.54 Å². The van der Waals surface area contributed by atoms with Crippen molar-refractivity contribution in [2.75, 3.05) is 20.1 Å². The fraction of sp³-hybridized carbons (Fsp3) is 0.467. The van der Waals surface area contributed by atoms with Crippen molar-refractivity contribution in [2.45, 2.75) is 19.9 Å². The Hall–Kier alpha value is -1.46. The van der Waals surface area contributed by atoms with Crippen LogP contribution >= 0.6 is 11.3 Å². The van der Waals surface area contributed by atoms with Crippen LogP contribution in [-0.2, 0) is 11.3 Å². The van der Waals surface area contributed by atoms with Gasteiger partial charge < -0.3 is 10.2 Å². The van der Waals surface area contributed by atoms with Crippen molar-refractivity contribution in [3.05, 3.63) is 29.3 Å². The van der Waals surface area contributed by atoms with Gasteiger partial charge in [0.15, 0.2) is 0 Å². The van der Waals surface area contributed by atoms with Crippen molar-refractivity contribution in [3.8, 4) is 0 Å². The van der Waals surface area contributed by atoms with Crippen molar-refractivity contribution in [2.24, 2.45) is 5.41 Å². The molecule has 2 heterocycles. The highest BCUT2D eigenvalue weighted by Gasteiger charge is 2.38. The highest BCUT2D eigenvalue weighted by molar-refractivity contribution is 7.18. The predicted octanol–water partition coefficient (Wildman–Crippen LogP) is 2.25. The van der Waals surface area contributed by atoms with Gasteiger partial charge in [0.25, 0.3) is 0 Å². The highest BCUT2D eigenvalue weighted by Crippen LogP contribution is 2.28. The predicted molar refractivity (Wildman–Crippen MR) is 81.7 cm³/mol. The molecule has 1 aliphatic heterocycles. The van der Waals surface area contributed by atoms with Crippen LogP contribution in [0.1, 0.15) is 18.4 Å². The Labute approximate surface area is 122 Å². The molecule has 0 radical (unpaired) electrons. The van der Waals surface area contributed by atoms with Crippen LogP contribution in [0.5, 0.6) is 0 Å². The monoisotopic (exact) mass is 289 g/mol. The second kappa shape index (κ2) is 5.14. The van der Waals surface area contributed by atoms with Crippen molar-refractivity contribution in [3.63, 3.8) is 0 Å². The molecular weight excluding hydrogens is 270 g/mol. The molecule has 106 valence electrons. The first-order chi connectivity index (χ1) is 9.58. The van der Waals surface area contributed by atoms with Gasteiger partial charge in [0.1, 0.15) is 5.01 Å². The minimum Gasteiger partial charge on any atom is -0.338 e. The van der Waals surface area contributed by atoms with Gasteiger partial charge in [-0.15, -0.1) is 11.3 Å². The standard InChI is InChI=1S/C15H19N3OS/c1-15(7-8-16-10-15)14(19)18(2)9-13-17-11-5-3-4-6-12(11)20-13/h3-6,16H,7-10H2,1-2H3. The second-order valence-corrected chi connectivity index (χ2v) is 6.84. The first-order valence-electron chi connectivity index (χ1n) is 6.89. The lowest BCUT2D eigenvalue weighted by Crippen LogP contribution is -2.41. The summed E-state index contributed by atoms with van der Waals surface area (Å²) < 4.78 is 1.18. The number of nitrogens with zero attached hydrogens (tertiary/aromatic N) is 2. The zero-order valence-electron chi connectivity index (χ0n) is 11.8. The zero-order valence-corrected chi connectivity index (χ0v) is 12.7. The van der Waals surface area contributed by atoms with Crippen LogP contribution in [0, 0.1) is 5.41 Å². The van der Waals surface area contributed by atoms with Crippen molar-refractivity contribution in [1.29, 1.82) is 0 Å². The first kappa shape index (κ1) is 13.5. The summed E-state index contributed by atoms with van der Waals surface area (Å²) in [6, 6.07) is 8.09. The number of aromatic nitrogens is 1.